The zero-order chi connectivity index (χ0) is 8.72. The maximum absolute atomic E-state index is 9.55. The Bertz CT molecular complexity index is 176. The van der Waals surface area contributed by atoms with Crippen LogP contribution in [-0.2, 0) is 0 Å². The zero-order valence-electron chi connectivity index (χ0n) is 6.93. The fraction of sp³-hybridized carbons (Fsp3) is 1.00. The molecule has 4 heteroatoms. The van der Waals surface area contributed by atoms with Crippen LogP contribution >= 0.6 is 0 Å². The Kier molecular flexibility index (Phi) is 2.08. The van der Waals surface area contributed by atoms with E-state index in [2.05, 4.69) is 0 Å². The molecule has 0 spiro atoms. The maximum Gasteiger partial charge on any atom is 0.0991 e. The predicted octanol–water partition coefficient (Wildman–Crippen LogP) is -1.45. The molecule has 2 rings (SSSR count). The molecule has 2 aliphatic rings. The van der Waals surface area contributed by atoms with Crippen molar-refractivity contribution in [1.82, 2.24) is 4.90 Å². The molecular formula is C8H15NO3. The van der Waals surface area contributed by atoms with Crippen LogP contribution in [0.5, 0.6) is 0 Å². The third kappa shape index (κ3) is 1.15. The molecule has 0 saturated carbocycles. The van der Waals surface area contributed by atoms with Crippen LogP contribution in [-0.4, -0.2) is 57.7 Å². The van der Waals surface area contributed by atoms with Gasteiger partial charge in [0.1, 0.15) is 0 Å². The van der Waals surface area contributed by atoms with Crippen molar-refractivity contribution < 1.29 is 15.3 Å². The van der Waals surface area contributed by atoms with Gasteiger partial charge in [-0.3, -0.25) is 4.90 Å². The molecule has 0 amide bonds. The molecule has 0 aliphatic carbocycles. The summed E-state index contributed by atoms with van der Waals surface area (Å²) in [6.07, 6.45) is -0.212. The number of fused-ring (bicyclic) bond motifs is 1. The summed E-state index contributed by atoms with van der Waals surface area (Å²) in [5, 5.41) is 28.4. The average Bonchev–Trinajstić information content (AvgIpc) is 2.29. The van der Waals surface area contributed by atoms with Crippen molar-refractivity contribution in [1.29, 1.82) is 0 Å². The van der Waals surface area contributed by atoms with Crippen molar-refractivity contribution in [2.75, 3.05) is 13.1 Å². The quantitative estimate of drug-likeness (QED) is 0.419. The normalized spacial score (nSPS) is 49.2. The lowest BCUT2D eigenvalue weighted by molar-refractivity contribution is -0.0282. The predicted molar refractivity (Wildman–Crippen MR) is 42.6 cm³/mol. The Labute approximate surface area is 71.4 Å². The van der Waals surface area contributed by atoms with Crippen molar-refractivity contribution in [2.45, 2.75) is 37.2 Å². The third-order valence-corrected chi connectivity index (χ3v) is 2.93. The van der Waals surface area contributed by atoms with Crippen LogP contribution in [0, 0.1) is 0 Å². The molecule has 2 heterocycles. The van der Waals surface area contributed by atoms with Gasteiger partial charge in [0, 0.05) is 6.54 Å². The highest BCUT2D eigenvalue weighted by Crippen LogP contribution is 2.27. The zero-order valence-corrected chi connectivity index (χ0v) is 6.93. The summed E-state index contributed by atoms with van der Waals surface area (Å²) in [4.78, 5) is 1.98. The van der Waals surface area contributed by atoms with Gasteiger partial charge in [-0.25, -0.2) is 0 Å². The van der Waals surface area contributed by atoms with Gasteiger partial charge in [0.2, 0.25) is 0 Å². The van der Waals surface area contributed by atoms with E-state index < -0.39 is 18.3 Å². The van der Waals surface area contributed by atoms with Gasteiger partial charge in [-0.15, -0.1) is 0 Å². The molecule has 0 aromatic rings. The van der Waals surface area contributed by atoms with Gasteiger partial charge in [0.15, 0.2) is 0 Å². The van der Waals surface area contributed by atoms with E-state index in [4.69, 9.17) is 0 Å². The molecule has 3 N–H and O–H groups in total. The number of hydrogen-bond donors (Lipinski definition) is 3. The molecule has 2 fully saturated rings. The first-order valence-corrected chi connectivity index (χ1v) is 4.48. The minimum Gasteiger partial charge on any atom is -0.391 e. The summed E-state index contributed by atoms with van der Waals surface area (Å²) < 4.78 is 0. The summed E-state index contributed by atoms with van der Waals surface area (Å²) >= 11 is 0. The van der Waals surface area contributed by atoms with E-state index in [1.807, 2.05) is 4.90 Å². The lowest BCUT2D eigenvalue weighted by atomic mass is 9.97. The maximum atomic E-state index is 9.55. The van der Waals surface area contributed by atoms with Crippen LogP contribution in [0.1, 0.15) is 12.8 Å². The second kappa shape index (κ2) is 2.96. The van der Waals surface area contributed by atoms with Crippen LogP contribution in [0.15, 0.2) is 0 Å². The number of aliphatic hydroxyl groups excluding tert-OH is 3. The van der Waals surface area contributed by atoms with Crippen LogP contribution in [0.3, 0.4) is 0 Å². The highest BCUT2D eigenvalue weighted by atomic mass is 16.3. The van der Waals surface area contributed by atoms with Gasteiger partial charge in [0.25, 0.3) is 0 Å². The first-order valence-electron chi connectivity index (χ1n) is 4.48. The number of piperidine rings is 1. The van der Waals surface area contributed by atoms with Crippen molar-refractivity contribution in [2.24, 2.45) is 0 Å². The first-order chi connectivity index (χ1) is 5.70. The van der Waals surface area contributed by atoms with E-state index >= 15 is 0 Å². The smallest absolute Gasteiger partial charge is 0.0991 e. The molecule has 0 radical (unpaired) electrons. The van der Waals surface area contributed by atoms with Gasteiger partial charge < -0.3 is 15.3 Å². The highest BCUT2D eigenvalue weighted by Gasteiger charge is 2.45. The Hall–Kier alpha value is -0.160. The Morgan fingerprint density at radius 3 is 2.50 bits per heavy atom. The summed E-state index contributed by atoms with van der Waals surface area (Å²) in [5.41, 5.74) is 0. The molecule has 4 atom stereocenters. The van der Waals surface area contributed by atoms with Crippen LogP contribution < -0.4 is 0 Å². The molecule has 0 aromatic carbocycles. The molecular weight excluding hydrogens is 158 g/mol. The molecule has 0 aromatic heterocycles. The second-order valence-electron chi connectivity index (χ2n) is 3.75. The highest BCUT2D eigenvalue weighted by molar-refractivity contribution is 4.99. The number of aliphatic hydroxyl groups is 3. The van der Waals surface area contributed by atoms with E-state index in [-0.39, 0.29) is 6.04 Å². The Balaban J connectivity index is 2.12. The molecule has 2 aliphatic heterocycles. The monoisotopic (exact) mass is 173 g/mol. The van der Waals surface area contributed by atoms with Crippen LogP contribution in [0.4, 0.5) is 0 Å². The van der Waals surface area contributed by atoms with Crippen LogP contribution in [0.25, 0.3) is 0 Å². The van der Waals surface area contributed by atoms with Crippen molar-refractivity contribution in [3.8, 4) is 0 Å². The molecule has 2 saturated heterocycles. The average molecular weight is 173 g/mol. The van der Waals surface area contributed by atoms with E-state index in [1.165, 1.54) is 0 Å². The summed E-state index contributed by atoms with van der Waals surface area (Å²) in [6.45, 7) is 1.39. The molecule has 70 valence electrons. The topological polar surface area (TPSA) is 63.9 Å². The fourth-order valence-corrected chi connectivity index (χ4v) is 2.30. The standard InChI is InChI=1S/C8H15NO3/c10-5-2-1-3-9-4-6(11)8(12)7(5)9/h5-8,10-12H,1-4H2/t5?,6-,7-,8-/m1/s1. The summed E-state index contributed by atoms with van der Waals surface area (Å²) in [5.74, 6) is 0. The van der Waals surface area contributed by atoms with Gasteiger partial charge in [-0.2, -0.15) is 0 Å². The second-order valence-corrected chi connectivity index (χ2v) is 3.75. The molecule has 1 unspecified atom stereocenters. The molecule has 0 bridgehead atoms. The number of hydrogen-bond acceptors (Lipinski definition) is 4. The van der Waals surface area contributed by atoms with E-state index in [0.29, 0.717) is 6.54 Å². The largest absolute Gasteiger partial charge is 0.391 e. The van der Waals surface area contributed by atoms with Crippen molar-refractivity contribution >= 4 is 0 Å². The van der Waals surface area contributed by atoms with Gasteiger partial charge in [-0.1, -0.05) is 0 Å². The minimum atomic E-state index is -0.764. The minimum absolute atomic E-state index is 0.228. The Morgan fingerprint density at radius 1 is 1.08 bits per heavy atom. The van der Waals surface area contributed by atoms with Crippen molar-refractivity contribution in [3.63, 3.8) is 0 Å². The number of nitrogens with zero attached hydrogens (tertiary/aromatic N) is 1. The summed E-state index contributed by atoms with van der Waals surface area (Å²) in [6, 6.07) is -0.228. The number of rotatable bonds is 0. The lowest BCUT2D eigenvalue weighted by Crippen LogP contribution is -2.48. The summed E-state index contributed by atoms with van der Waals surface area (Å²) in [7, 11) is 0. The van der Waals surface area contributed by atoms with Gasteiger partial charge in [-0.05, 0) is 19.4 Å². The SMILES string of the molecule is OC1CCCN2C[C@@H](O)[C@@H](O)[C@@H]12. The van der Waals surface area contributed by atoms with Crippen molar-refractivity contribution in [3.05, 3.63) is 0 Å². The van der Waals surface area contributed by atoms with E-state index in [9.17, 15) is 15.3 Å². The Morgan fingerprint density at radius 2 is 1.83 bits per heavy atom. The lowest BCUT2D eigenvalue weighted by Gasteiger charge is -2.34. The van der Waals surface area contributed by atoms with E-state index in [1.54, 1.807) is 0 Å². The van der Waals surface area contributed by atoms with Gasteiger partial charge >= 0.3 is 0 Å². The van der Waals surface area contributed by atoms with Crippen LogP contribution in [0.2, 0.25) is 0 Å². The first kappa shape index (κ1) is 8.44. The molecule has 12 heavy (non-hydrogen) atoms. The van der Waals surface area contributed by atoms with E-state index in [0.717, 1.165) is 19.4 Å². The fourth-order valence-electron chi connectivity index (χ4n) is 2.30. The van der Waals surface area contributed by atoms with Gasteiger partial charge in [0.05, 0.1) is 24.4 Å². The third-order valence-electron chi connectivity index (χ3n) is 2.93. The molecule has 4 nitrogen and oxygen atoms in total.